The van der Waals surface area contributed by atoms with E-state index < -0.39 is 6.10 Å². The molecule has 5 nitrogen and oxygen atoms in total. The van der Waals surface area contributed by atoms with E-state index in [1.165, 1.54) is 0 Å². The summed E-state index contributed by atoms with van der Waals surface area (Å²) in [6.07, 6.45) is 1.33. The Bertz CT molecular complexity index is 484. The molecule has 1 saturated heterocycles. The zero-order valence-electron chi connectivity index (χ0n) is 11.4. The van der Waals surface area contributed by atoms with Crippen LogP contribution >= 0.6 is 0 Å². The summed E-state index contributed by atoms with van der Waals surface area (Å²) >= 11 is 0. The minimum atomic E-state index is -0.442. The second kappa shape index (κ2) is 7.04. The highest BCUT2D eigenvalue weighted by atomic mass is 16.5. The molecule has 0 aromatic heterocycles. The number of carbonyl (C=O) groups excluding carboxylic acids is 1. The molecule has 20 heavy (non-hydrogen) atoms. The topological polar surface area (TPSA) is 79.4 Å². The number of para-hydroxylation sites is 1. The first-order valence-electron chi connectivity index (χ1n) is 6.85. The number of benzene rings is 1. The molecule has 1 aromatic rings. The number of anilines is 1. The van der Waals surface area contributed by atoms with Crippen LogP contribution in [-0.2, 0) is 9.53 Å². The van der Waals surface area contributed by atoms with Gasteiger partial charge in [-0.2, -0.15) is 5.26 Å². The normalized spacial score (nSPS) is 21.4. The number of carbonyl (C=O) groups is 1. The molecule has 1 aromatic carbocycles. The molecule has 0 aliphatic carbocycles. The molecule has 0 saturated carbocycles. The van der Waals surface area contributed by atoms with Crippen molar-refractivity contribution in [2.24, 2.45) is 5.73 Å². The van der Waals surface area contributed by atoms with Crippen molar-refractivity contribution >= 4 is 11.6 Å². The number of nitriles is 1. The highest BCUT2D eigenvalue weighted by Crippen LogP contribution is 2.23. The molecule has 0 radical (unpaired) electrons. The Balaban J connectivity index is 2.11. The van der Waals surface area contributed by atoms with Crippen molar-refractivity contribution < 1.29 is 9.53 Å². The van der Waals surface area contributed by atoms with E-state index in [0.717, 1.165) is 12.1 Å². The van der Waals surface area contributed by atoms with Crippen LogP contribution in [0.1, 0.15) is 19.3 Å². The lowest BCUT2D eigenvalue weighted by atomic mass is 10.1. The largest absolute Gasteiger partial charge is 0.364 e. The summed E-state index contributed by atoms with van der Waals surface area (Å²) in [7, 11) is 0. The average molecular weight is 273 g/mol. The number of hydrogen-bond donors (Lipinski definition) is 1. The van der Waals surface area contributed by atoms with Crippen LogP contribution in [0.2, 0.25) is 0 Å². The molecule has 1 heterocycles. The lowest BCUT2D eigenvalue weighted by molar-refractivity contribution is -0.129. The molecule has 2 N–H and O–H groups in total. The van der Waals surface area contributed by atoms with E-state index in [0.29, 0.717) is 25.9 Å². The summed E-state index contributed by atoms with van der Waals surface area (Å²) in [5.74, 6) is -0.0811. The fourth-order valence-electron chi connectivity index (χ4n) is 2.37. The quantitative estimate of drug-likeness (QED) is 0.880. The second-order valence-corrected chi connectivity index (χ2v) is 4.79. The van der Waals surface area contributed by atoms with Crippen LogP contribution in [0.4, 0.5) is 5.69 Å². The Kier molecular flexibility index (Phi) is 5.10. The Hall–Kier alpha value is -1.90. The highest BCUT2D eigenvalue weighted by Gasteiger charge is 2.33. The predicted octanol–water partition coefficient (Wildman–Crippen LogP) is 1.44. The first-order chi connectivity index (χ1) is 9.76. The maximum atomic E-state index is 12.6. The maximum Gasteiger partial charge on any atom is 0.256 e. The monoisotopic (exact) mass is 273 g/mol. The van der Waals surface area contributed by atoms with Crippen molar-refractivity contribution in [1.82, 2.24) is 0 Å². The third-order valence-corrected chi connectivity index (χ3v) is 3.43. The van der Waals surface area contributed by atoms with Crippen LogP contribution in [0, 0.1) is 11.3 Å². The van der Waals surface area contributed by atoms with Crippen LogP contribution in [0.25, 0.3) is 0 Å². The van der Waals surface area contributed by atoms with Gasteiger partial charge in [0.15, 0.2) is 0 Å². The summed E-state index contributed by atoms with van der Waals surface area (Å²) in [5, 5.41) is 8.75. The number of rotatable bonds is 5. The van der Waals surface area contributed by atoms with E-state index in [1.54, 1.807) is 4.90 Å². The Morgan fingerprint density at radius 1 is 1.40 bits per heavy atom. The predicted molar refractivity (Wildman–Crippen MR) is 76.0 cm³/mol. The van der Waals surface area contributed by atoms with Gasteiger partial charge in [-0.1, -0.05) is 18.2 Å². The van der Waals surface area contributed by atoms with E-state index in [9.17, 15) is 4.79 Å². The fraction of sp³-hybridized carbons (Fsp3) is 0.467. The first kappa shape index (κ1) is 14.5. The molecule has 0 bridgehead atoms. The van der Waals surface area contributed by atoms with Gasteiger partial charge in [0, 0.05) is 18.8 Å². The van der Waals surface area contributed by atoms with E-state index in [-0.39, 0.29) is 12.0 Å². The Morgan fingerprint density at radius 2 is 2.15 bits per heavy atom. The smallest absolute Gasteiger partial charge is 0.256 e. The molecule has 5 heteroatoms. The minimum Gasteiger partial charge on any atom is -0.364 e. The van der Waals surface area contributed by atoms with Gasteiger partial charge < -0.3 is 15.4 Å². The van der Waals surface area contributed by atoms with Crippen molar-refractivity contribution in [3.63, 3.8) is 0 Å². The SMILES string of the molecule is N#CCCN(C(=O)C1CCC(CN)O1)c1ccccc1. The molecule has 0 spiro atoms. The number of nitrogens with two attached hydrogens (primary N) is 1. The Labute approximate surface area is 118 Å². The number of nitrogens with zero attached hydrogens (tertiary/aromatic N) is 2. The molecule has 2 rings (SSSR count). The van der Waals surface area contributed by atoms with E-state index >= 15 is 0 Å². The van der Waals surface area contributed by atoms with Gasteiger partial charge in [-0.25, -0.2) is 0 Å². The van der Waals surface area contributed by atoms with Crippen molar-refractivity contribution in [2.75, 3.05) is 18.0 Å². The van der Waals surface area contributed by atoms with Gasteiger partial charge in [-0.15, -0.1) is 0 Å². The van der Waals surface area contributed by atoms with Gasteiger partial charge in [0.1, 0.15) is 6.10 Å². The van der Waals surface area contributed by atoms with Crippen LogP contribution in [-0.4, -0.2) is 31.2 Å². The van der Waals surface area contributed by atoms with Gasteiger partial charge in [0.05, 0.1) is 18.6 Å². The average Bonchev–Trinajstić information content (AvgIpc) is 2.97. The number of amides is 1. The molecule has 1 amide bonds. The van der Waals surface area contributed by atoms with Crippen LogP contribution in [0.15, 0.2) is 30.3 Å². The van der Waals surface area contributed by atoms with Crippen LogP contribution < -0.4 is 10.6 Å². The van der Waals surface area contributed by atoms with Gasteiger partial charge in [0.25, 0.3) is 5.91 Å². The molecule has 106 valence electrons. The zero-order valence-corrected chi connectivity index (χ0v) is 11.4. The van der Waals surface area contributed by atoms with Crippen molar-refractivity contribution in [3.05, 3.63) is 30.3 Å². The standard InChI is InChI=1S/C15H19N3O2/c16-9-4-10-18(12-5-2-1-3-6-12)15(19)14-8-7-13(11-17)20-14/h1-3,5-6,13-14H,4,7-8,10-11,17H2. The van der Waals surface area contributed by atoms with E-state index in [1.807, 2.05) is 30.3 Å². The first-order valence-corrected chi connectivity index (χ1v) is 6.85. The third-order valence-electron chi connectivity index (χ3n) is 3.43. The molecular weight excluding hydrogens is 254 g/mol. The van der Waals surface area contributed by atoms with Gasteiger partial charge in [0.2, 0.25) is 0 Å². The molecule has 1 aliphatic heterocycles. The van der Waals surface area contributed by atoms with Gasteiger partial charge in [-0.3, -0.25) is 4.79 Å². The summed E-state index contributed by atoms with van der Waals surface area (Å²) in [6.45, 7) is 0.819. The summed E-state index contributed by atoms with van der Waals surface area (Å²) in [6, 6.07) is 11.5. The molecule has 1 fully saturated rings. The molecule has 2 unspecified atom stereocenters. The van der Waals surface area contributed by atoms with Crippen molar-refractivity contribution in [3.8, 4) is 6.07 Å². The second-order valence-electron chi connectivity index (χ2n) is 4.79. The van der Waals surface area contributed by atoms with Crippen LogP contribution in [0.3, 0.4) is 0 Å². The third kappa shape index (κ3) is 3.35. The van der Waals surface area contributed by atoms with E-state index in [2.05, 4.69) is 6.07 Å². The molecule has 2 atom stereocenters. The fourth-order valence-corrected chi connectivity index (χ4v) is 2.37. The lowest BCUT2D eigenvalue weighted by Gasteiger charge is -2.25. The Morgan fingerprint density at radius 3 is 2.75 bits per heavy atom. The van der Waals surface area contributed by atoms with Crippen LogP contribution in [0.5, 0.6) is 0 Å². The molecule has 1 aliphatic rings. The summed E-state index contributed by atoms with van der Waals surface area (Å²) in [5.41, 5.74) is 6.37. The summed E-state index contributed by atoms with van der Waals surface area (Å²) < 4.78 is 5.66. The van der Waals surface area contributed by atoms with E-state index in [4.69, 9.17) is 15.7 Å². The van der Waals surface area contributed by atoms with Crippen molar-refractivity contribution in [1.29, 1.82) is 5.26 Å². The number of hydrogen-bond acceptors (Lipinski definition) is 4. The zero-order chi connectivity index (χ0) is 14.4. The molecular formula is C15H19N3O2. The number of ether oxygens (including phenoxy) is 1. The van der Waals surface area contributed by atoms with Gasteiger partial charge in [-0.05, 0) is 25.0 Å². The maximum absolute atomic E-state index is 12.6. The lowest BCUT2D eigenvalue weighted by Crippen LogP contribution is -2.40. The van der Waals surface area contributed by atoms with Crippen molar-refractivity contribution in [2.45, 2.75) is 31.5 Å². The highest BCUT2D eigenvalue weighted by molar-refractivity contribution is 5.96. The summed E-state index contributed by atoms with van der Waals surface area (Å²) in [4.78, 5) is 14.2. The minimum absolute atomic E-state index is 0.0301. The van der Waals surface area contributed by atoms with Gasteiger partial charge >= 0.3 is 0 Å².